The summed E-state index contributed by atoms with van der Waals surface area (Å²) < 4.78 is 0. The molecule has 2 N–H and O–H groups in total. The van der Waals surface area contributed by atoms with E-state index in [4.69, 9.17) is 9.98 Å². The Bertz CT molecular complexity index is 1670. The first kappa shape index (κ1) is 34.6. The maximum absolute atomic E-state index is 11.7. The van der Waals surface area contributed by atoms with Crippen LogP contribution in [0.1, 0.15) is 105 Å². The van der Waals surface area contributed by atoms with Crippen molar-refractivity contribution < 1.29 is 10.2 Å². The molecule has 2 aliphatic rings. The van der Waals surface area contributed by atoms with Crippen LogP contribution in [0.25, 0.3) is 0 Å². The summed E-state index contributed by atoms with van der Waals surface area (Å²) >= 11 is 0. The monoisotopic (exact) mass is 656 g/mol. The molecule has 6 rings (SSSR count). The molecule has 6 heteroatoms. The minimum Gasteiger partial charge on any atom is -0.507 e. The van der Waals surface area contributed by atoms with Crippen molar-refractivity contribution in [1.82, 2.24) is 9.80 Å². The average Bonchev–Trinajstić information content (AvgIpc) is 3.28. The second-order valence-electron chi connectivity index (χ2n) is 15.8. The van der Waals surface area contributed by atoms with Gasteiger partial charge in [0.15, 0.2) is 0 Å². The number of hydrogen-bond donors (Lipinski definition) is 2. The van der Waals surface area contributed by atoms with Gasteiger partial charge in [-0.3, -0.25) is 19.8 Å². The van der Waals surface area contributed by atoms with E-state index < -0.39 is 0 Å². The molecule has 1 saturated heterocycles. The summed E-state index contributed by atoms with van der Waals surface area (Å²) in [5, 5.41) is 23.4. The van der Waals surface area contributed by atoms with Gasteiger partial charge >= 0.3 is 0 Å². The molecule has 256 valence electrons. The molecule has 0 aliphatic carbocycles. The topological polar surface area (TPSA) is 71.7 Å². The van der Waals surface area contributed by atoms with Gasteiger partial charge in [-0.2, -0.15) is 0 Å². The highest BCUT2D eigenvalue weighted by molar-refractivity contribution is 5.86. The van der Waals surface area contributed by atoms with E-state index in [9.17, 15) is 10.2 Å². The summed E-state index contributed by atoms with van der Waals surface area (Å²) in [7, 11) is 0. The third-order valence-electron chi connectivity index (χ3n) is 9.84. The van der Waals surface area contributed by atoms with Gasteiger partial charge < -0.3 is 10.2 Å². The summed E-state index contributed by atoms with van der Waals surface area (Å²) in [5.74, 6) is 0.555. The van der Waals surface area contributed by atoms with Crippen molar-refractivity contribution >= 4 is 12.4 Å². The third-order valence-corrected chi connectivity index (χ3v) is 9.84. The quantitative estimate of drug-likeness (QED) is 0.226. The van der Waals surface area contributed by atoms with E-state index in [-0.39, 0.29) is 34.4 Å². The van der Waals surface area contributed by atoms with Crippen molar-refractivity contribution in [2.75, 3.05) is 26.2 Å². The van der Waals surface area contributed by atoms with E-state index >= 15 is 0 Å². The molecule has 0 radical (unpaired) electrons. The lowest BCUT2D eigenvalue weighted by atomic mass is 9.84. The fourth-order valence-electron chi connectivity index (χ4n) is 7.14. The highest BCUT2D eigenvalue weighted by Crippen LogP contribution is 2.39. The highest BCUT2D eigenvalue weighted by Gasteiger charge is 2.27. The van der Waals surface area contributed by atoms with Gasteiger partial charge in [-0.05, 0) is 64.7 Å². The largest absolute Gasteiger partial charge is 0.507 e. The standard InChI is InChI=1S/C43H52N4O2/c1-42(2,3)36-24-30-22-34(40(36)48)26-44-38(32-14-9-7-10-15-32)39(33-16-11-8-12-17-33)45-27-35-23-31(25-37(41(35)49)43(4,5)6)29-47-19-13-18-46(28-30)20-21-47/h7-12,14-17,22-27,38-39,48-49H,13,18-21,28-29H2,1-6H3/t38-,39-/m1/s1. The van der Waals surface area contributed by atoms with Crippen LogP contribution in [0.3, 0.4) is 0 Å². The third kappa shape index (κ3) is 8.14. The SMILES string of the molecule is CC(C)(C)c1cc2cc(c1O)C=N[C@H](c1ccccc1)[C@@H](c1ccccc1)N=Cc1cc(cc(C(C)(C)C)c1O)CN1CCCN(CC1)C2. The maximum Gasteiger partial charge on any atom is 0.128 e. The van der Waals surface area contributed by atoms with Crippen LogP contribution in [0, 0.1) is 0 Å². The van der Waals surface area contributed by atoms with Gasteiger partial charge in [0, 0.05) is 60.9 Å². The van der Waals surface area contributed by atoms with Crippen molar-refractivity contribution in [1.29, 1.82) is 0 Å². The van der Waals surface area contributed by atoms with Crippen LogP contribution in [-0.2, 0) is 23.9 Å². The number of rotatable bonds is 2. The lowest BCUT2D eigenvalue weighted by Gasteiger charge is -2.27. The maximum atomic E-state index is 11.7. The lowest BCUT2D eigenvalue weighted by Crippen LogP contribution is -2.30. The minimum atomic E-state index is -0.388. The zero-order chi connectivity index (χ0) is 34.8. The number of phenolic OH excluding ortho intramolecular Hbond substituents is 2. The van der Waals surface area contributed by atoms with Crippen molar-refractivity contribution in [3.8, 4) is 11.5 Å². The van der Waals surface area contributed by atoms with Crippen LogP contribution >= 0.6 is 0 Å². The van der Waals surface area contributed by atoms with Crippen LogP contribution < -0.4 is 0 Å². The molecular weight excluding hydrogens is 604 g/mol. The summed E-state index contributed by atoms with van der Waals surface area (Å²) in [5.41, 5.74) is 7.21. The number of aliphatic imine (C=N–C) groups is 2. The summed E-state index contributed by atoms with van der Waals surface area (Å²) in [6.45, 7) is 18.5. The van der Waals surface area contributed by atoms with Gasteiger partial charge in [-0.1, -0.05) is 114 Å². The molecule has 1 fully saturated rings. The Balaban J connectivity index is 1.57. The molecule has 0 amide bonds. The second kappa shape index (κ2) is 14.3. The Hall–Kier alpha value is -4.26. The Labute approximate surface area is 292 Å². The van der Waals surface area contributed by atoms with Crippen LogP contribution in [0.4, 0.5) is 0 Å². The van der Waals surface area contributed by atoms with Crippen LogP contribution in [0.5, 0.6) is 11.5 Å². The van der Waals surface area contributed by atoms with Gasteiger partial charge in [0.05, 0.1) is 0 Å². The van der Waals surface area contributed by atoms with Crippen molar-refractivity contribution in [3.05, 3.63) is 129 Å². The van der Waals surface area contributed by atoms with Gasteiger partial charge in [-0.25, -0.2) is 0 Å². The highest BCUT2D eigenvalue weighted by atomic mass is 16.3. The van der Waals surface area contributed by atoms with Gasteiger partial charge in [0.1, 0.15) is 23.6 Å². The van der Waals surface area contributed by atoms with E-state index in [1.54, 1.807) is 0 Å². The minimum absolute atomic E-state index is 0.244. The van der Waals surface area contributed by atoms with Crippen molar-refractivity contribution in [2.45, 2.75) is 84.0 Å². The normalized spacial score (nSPS) is 21.9. The van der Waals surface area contributed by atoms with Crippen LogP contribution in [0.2, 0.25) is 0 Å². The van der Waals surface area contributed by atoms with Crippen molar-refractivity contribution in [3.63, 3.8) is 0 Å². The molecular formula is C43H52N4O2. The number of fused-ring (bicyclic) bond motifs is 7. The Morgan fingerprint density at radius 1 is 0.551 bits per heavy atom. The van der Waals surface area contributed by atoms with Gasteiger partial charge in [-0.15, -0.1) is 0 Å². The number of phenols is 2. The molecule has 0 spiro atoms. The average molecular weight is 657 g/mol. The van der Waals surface area contributed by atoms with Gasteiger partial charge in [0.2, 0.25) is 0 Å². The fraction of sp³-hybridized carbons (Fsp3) is 0.395. The predicted octanol–water partition coefficient (Wildman–Crippen LogP) is 8.73. The van der Waals surface area contributed by atoms with Crippen LogP contribution in [0.15, 0.2) is 94.9 Å². The first-order valence-electron chi connectivity index (χ1n) is 17.7. The number of nitrogens with zero attached hydrogens (tertiary/aromatic N) is 4. The molecule has 4 atom stereocenters. The molecule has 6 bridgehead atoms. The van der Waals surface area contributed by atoms with E-state index in [2.05, 4.69) is 99.9 Å². The number of benzene rings is 4. The first-order valence-corrected chi connectivity index (χ1v) is 17.7. The van der Waals surface area contributed by atoms with E-state index in [1.807, 2.05) is 48.8 Å². The lowest BCUT2D eigenvalue weighted by molar-refractivity contribution is 0.247. The molecule has 2 heterocycles. The molecule has 0 saturated carbocycles. The van der Waals surface area contributed by atoms with Crippen molar-refractivity contribution in [2.24, 2.45) is 9.98 Å². The Morgan fingerprint density at radius 3 is 1.31 bits per heavy atom. The molecule has 4 aromatic rings. The zero-order valence-corrected chi connectivity index (χ0v) is 30.0. The molecule has 49 heavy (non-hydrogen) atoms. The second-order valence-corrected chi connectivity index (χ2v) is 15.8. The molecule has 2 aliphatic heterocycles. The summed E-state index contributed by atoms with van der Waals surface area (Å²) in [4.78, 5) is 15.6. The zero-order valence-electron chi connectivity index (χ0n) is 30.0. The molecule has 2 unspecified atom stereocenters. The molecule has 6 nitrogen and oxygen atoms in total. The predicted molar refractivity (Wildman–Crippen MR) is 202 cm³/mol. The first-order chi connectivity index (χ1) is 23.4. The van der Waals surface area contributed by atoms with Gasteiger partial charge in [0.25, 0.3) is 0 Å². The molecule has 0 aromatic heterocycles. The number of hydrogen-bond acceptors (Lipinski definition) is 6. The van der Waals surface area contributed by atoms with E-state index in [0.29, 0.717) is 0 Å². The Morgan fingerprint density at radius 2 is 0.939 bits per heavy atom. The Kier molecular flexibility index (Phi) is 10.1. The smallest absolute Gasteiger partial charge is 0.128 e. The number of aromatic hydroxyl groups is 2. The van der Waals surface area contributed by atoms with E-state index in [0.717, 1.165) is 79.1 Å². The summed E-state index contributed by atoms with van der Waals surface area (Å²) in [6.07, 6.45) is 4.77. The van der Waals surface area contributed by atoms with Crippen LogP contribution in [-0.4, -0.2) is 58.6 Å². The summed E-state index contributed by atoms with van der Waals surface area (Å²) in [6, 6.07) is 28.3. The fourth-order valence-corrected chi connectivity index (χ4v) is 7.14. The molecule has 4 aromatic carbocycles. The van der Waals surface area contributed by atoms with E-state index in [1.165, 1.54) is 11.1 Å².